The van der Waals surface area contributed by atoms with Gasteiger partial charge in [0.05, 0.1) is 0 Å². The molecule has 1 N–H and O–H groups in total. The first-order chi connectivity index (χ1) is 14.1. The number of amides is 1. The average molecular weight is 409 g/mol. The van der Waals surface area contributed by atoms with Gasteiger partial charge < -0.3 is 5.32 Å². The number of thioether (sulfide) groups is 1. The first-order valence-electron chi connectivity index (χ1n) is 10.0. The van der Waals surface area contributed by atoms with Crippen molar-refractivity contribution in [3.05, 3.63) is 71.0 Å². The van der Waals surface area contributed by atoms with E-state index < -0.39 is 0 Å². The summed E-state index contributed by atoms with van der Waals surface area (Å²) in [6.07, 6.45) is 1.90. The van der Waals surface area contributed by atoms with E-state index in [0.29, 0.717) is 19.4 Å². The molecule has 3 aromatic rings. The number of aryl methyl sites for hydroxylation is 3. The van der Waals surface area contributed by atoms with Gasteiger partial charge >= 0.3 is 0 Å². The molecule has 1 aromatic heterocycles. The summed E-state index contributed by atoms with van der Waals surface area (Å²) in [4.78, 5) is 12.0. The third-order valence-electron chi connectivity index (χ3n) is 4.59. The molecule has 152 valence electrons. The van der Waals surface area contributed by atoms with Crippen molar-refractivity contribution < 1.29 is 4.79 Å². The van der Waals surface area contributed by atoms with Crippen LogP contribution in [0.25, 0.3) is 5.69 Å². The predicted octanol–water partition coefficient (Wildman–Crippen LogP) is 4.64. The van der Waals surface area contributed by atoms with E-state index in [0.717, 1.165) is 28.8 Å². The van der Waals surface area contributed by atoms with E-state index in [1.54, 1.807) is 11.8 Å². The van der Waals surface area contributed by atoms with E-state index in [1.165, 1.54) is 16.7 Å². The summed E-state index contributed by atoms with van der Waals surface area (Å²) < 4.78 is 2.08. The number of hydrogen-bond acceptors (Lipinski definition) is 4. The fourth-order valence-corrected chi connectivity index (χ4v) is 3.95. The molecule has 3 rings (SSSR count). The standard InChI is InChI=1S/C23H28N4OS/c1-4-14-24-22(28)13-12-21-25-26-23(27(21)20-10-8-17(2)9-11-20)29-16-19-7-5-6-18(3)15-19/h5-11,15H,4,12-14,16H2,1-3H3,(H,24,28). The van der Waals surface area contributed by atoms with Crippen LogP contribution in [0.3, 0.4) is 0 Å². The summed E-state index contributed by atoms with van der Waals surface area (Å²) in [7, 11) is 0. The highest BCUT2D eigenvalue weighted by Crippen LogP contribution is 2.26. The first-order valence-corrected chi connectivity index (χ1v) is 11.0. The Labute approximate surface area is 176 Å². The lowest BCUT2D eigenvalue weighted by Gasteiger charge is -2.11. The van der Waals surface area contributed by atoms with E-state index in [-0.39, 0.29) is 5.91 Å². The molecule has 0 fully saturated rings. The van der Waals surface area contributed by atoms with Crippen LogP contribution in [0.2, 0.25) is 0 Å². The third kappa shape index (κ3) is 5.94. The van der Waals surface area contributed by atoms with Gasteiger partial charge in [0.15, 0.2) is 5.16 Å². The summed E-state index contributed by atoms with van der Waals surface area (Å²) >= 11 is 1.67. The van der Waals surface area contributed by atoms with Gasteiger partial charge in [-0.15, -0.1) is 10.2 Å². The average Bonchev–Trinajstić information content (AvgIpc) is 3.12. The zero-order chi connectivity index (χ0) is 20.6. The number of benzene rings is 2. The van der Waals surface area contributed by atoms with Crippen LogP contribution in [0.1, 0.15) is 42.3 Å². The number of carbonyl (C=O) groups excluding carboxylic acids is 1. The normalized spacial score (nSPS) is 10.9. The van der Waals surface area contributed by atoms with E-state index in [1.807, 2.05) is 6.92 Å². The Bertz CT molecular complexity index is 950. The van der Waals surface area contributed by atoms with Crippen molar-refractivity contribution in [2.24, 2.45) is 0 Å². The number of nitrogens with zero attached hydrogens (tertiary/aromatic N) is 3. The molecule has 0 saturated heterocycles. The Balaban J connectivity index is 1.80. The van der Waals surface area contributed by atoms with Gasteiger partial charge in [-0.05, 0) is 38.0 Å². The summed E-state index contributed by atoms with van der Waals surface area (Å²) in [5, 5.41) is 12.6. The molecule has 0 radical (unpaired) electrons. The maximum absolute atomic E-state index is 12.0. The Morgan fingerprint density at radius 1 is 1.07 bits per heavy atom. The Morgan fingerprint density at radius 3 is 2.59 bits per heavy atom. The molecular formula is C23H28N4OS. The van der Waals surface area contributed by atoms with Crippen molar-refractivity contribution in [2.45, 2.75) is 50.9 Å². The fraction of sp³-hybridized carbons (Fsp3) is 0.348. The molecule has 5 nitrogen and oxygen atoms in total. The lowest BCUT2D eigenvalue weighted by atomic mass is 10.2. The molecule has 0 bridgehead atoms. The summed E-state index contributed by atoms with van der Waals surface area (Å²) in [6.45, 7) is 6.93. The number of nitrogens with one attached hydrogen (secondary N) is 1. The molecule has 0 atom stereocenters. The maximum Gasteiger partial charge on any atom is 0.220 e. The monoisotopic (exact) mass is 408 g/mol. The molecule has 0 aliphatic carbocycles. The lowest BCUT2D eigenvalue weighted by molar-refractivity contribution is -0.121. The molecular weight excluding hydrogens is 380 g/mol. The minimum Gasteiger partial charge on any atom is -0.356 e. The van der Waals surface area contributed by atoms with Crippen molar-refractivity contribution in [1.82, 2.24) is 20.1 Å². The number of carbonyl (C=O) groups is 1. The van der Waals surface area contributed by atoms with Gasteiger partial charge in [-0.25, -0.2) is 0 Å². The summed E-state index contributed by atoms with van der Waals surface area (Å²) in [6, 6.07) is 16.8. The third-order valence-corrected chi connectivity index (χ3v) is 5.59. The second-order valence-corrected chi connectivity index (χ2v) is 8.14. The highest BCUT2D eigenvalue weighted by molar-refractivity contribution is 7.98. The predicted molar refractivity (Wildman–Crippen MR) is 118 cm³/mol. The molecule has 2 aromatic carbocycles. The van der Waals surface area contributed by atoms with Gasteiger partial charge in [0.25, 0.3) is 0 Å². The molecule has 0 spiro atoms. The minimum atomic E-state index is 0.0549. The molecule has 6 heteroatoms. The highest BCUT2D eigenvalue weighted by atomic mass is 32.2. The number of rotatable bonds is 9. The SMILES string of the molecule is CCCNC(=O)CCc1nnc(SCc2cccc(C)c2)n1-c1ccc(C)cc1. The molecule has 0 unspecified atom stereocenters. The van der Waals surface area contributed by atoms with Crippen LogP contribution in [0.4, 0.5) is 0 Å². The summed E-state index contributed by atoms with van der Waals surface area (Å²) in [5.41, 5.74) is 4.74. The number of aromatic nitrogens is 3. The first kappa shape index (κ1) is 21.1. The molecule has 1 amide bonds. The van der Waals surface area contributed by atoms with E-state index in [9.17, 15) is 4.79 Å². The fourth-order valence-electron chi connectivity index (χ4n) is 3.04. The maximum atomic E-state index is 12.0. The van der Waals surface area contributed by atoms with Gasteiger partial charge in [0.1, 0.15) is 5.82 Å². The lowest BCUT2D eigenvalue weighted by Crippen LogP contribution is -2.24. The van der Waals surface area contributed by atoms with Gasteiger partial charge in [0.2, 0.25) is 5.91 Å². The van der Waals surface area contributed by atoms with Crippen molar-refractivity contribution in [2.75, 3.05) is 6.54 Å². The smallest absolute Gasteiger partial charge is 0.220 e. The van der Waals surface area contributed by atoms with Crippen LogP contribution in [-0.2, 0) is 17.0 Å². The zero-order valence-electron chi connectivity index (χ0n) is 17.3. The van der Waals surface area contributed by atoms with Gasteiger partial charge in [-0.2, -0.15) is 0 Å². The molecule has 29 heavy (non-hydrogen) atoms. The van der Waals surface area contributed by atoms with Crippen LogP contribution in [0, 0.1) is 13.8 Å². The van der Waals surface area contributed by atoms with E-state index in [2.05, 4.69) is 82.5 Å². The molecule has 0 aliphatic heterocycles. The van der Waals surface area contributed by atoms with E-state index >= 15 is 0 Å². The van der Waals surface area contributed by atoms with E-state index in [4.69, 9.17) is 0 Å². The van der Waals surface area contributed by atoms with Gasteiger partial charge in [0, 0.05) is 30.8 Å². The molecule has 1 heterocycles. The van der Waals surface area contributed by atoms with Crippen molar-refractivity contribution >= 4 is 17.7 Å². The van der Waals surface area contributed by atoms with Crippen molar-refractivity contribution in [1.29, 1.82) is 0 Å². The van der Waals surface area contributed by atoms with Crippen molar-refractivity contribution in [3.8, 4) is 5.69 Å². The number of hydrogen-bond donors (Lipinski definition) is 1. The van der Waals surface area contributed by atoms with Crippen molar-refractivity contribution in [3.63, 3.8) is 0 Å². The minimum absolute atomic E-state index is 0.0549. The Hall–Kier alpha value is -2.60. The van der Waals surface area contributed by atoms with Crippen LogP contribution in [0.15, 0.2) is 53.7 Å². The van der Waals surface area contributed by atoms with Gasteiger partial charge in [-0.3, -0.25) is 9.36 Å². The Kier molecular flexibility index (Phi) is 7.47. The second-order valence-electron chi connectivity index (χ2n) is 7.20. The largest absolute Gasteiger partial charge is 0.356 e. The van der Waals surface area contributed by atoms with Crippen LogP contribution < -0.4 is 5.32 Å². The topological polar surface area (TPSA) is 59.8 Å². The van der Waals surface area contributed by atoms with Crippen LogP contribution >= 0.6 is 11.8 Å². The quantitative estimate of drug-likeness (QED) is 0.524. The molecule has 0 saturated carbocycles. The summed E-state index contributed by atoms with van der Waals surface area (Å²) in [5.74, 6) is 1.69. The second kappa shape index (κ2) is 10.3. The highest BCUT2D eigenvalue weighted by Gasteiger charge is 2.16. The van der Waals surface area contributed by atoms with Crippen LogP contribution in [-0.4, -0.2) is 27.2 Å². The Morgan fingerprint density at radius 2 is 1.86 bits per heavy atom. The van der Waals surface area contributed by atoms with Gasteiger partial charge in [-0.1, -0.05) is 66.2 Å². The molecule has 0 aliphatic rings. The zero-order valence-corrected chi connectivity index (χ0v) is 18.1. The van der Waals surface area contributed by atoms with Crippen LogP contribution in [0.5, 0.6) is 0 Å².